The molecule has 1 aromatic carbocycles. The Labute approximate surface area is 147 Å². The molecule has 1 atom stereocenters. The highest BCUT2D eigenvalue weighted by Crippen LogP contribution is 2.23. The van der Waals surface area contributed by atoms with Crippen LogP contribution in [0.1, 0.15) is 27.6 Å². The van der Waals surface area contributed by atoms with Crippen molar-refractivity contribution < 1.29 is 19.1 Å². The van der Waals surface area contributed by atoms with Gasteiger partial charge >= 0.3 is 5.97 Å². The number of hydrogen-bond donors (Lipinski definition) is 2. The van der Waals surface area contributed by atoms with Gasteiger partial charge in [-0.2, -0.15) is 0 Å². The average molecular weight is 364 g/mol. The maximum Gasteiger partial charge on any atom is 0.338 e. The summed E-state index contributed by atoms with van der Waals surface area (Å²) in [6.45, 7) is 1.46. The predicted octanol–water partition coefficient (Wildman–Crippen LogP) is 2.75. The van der Waals surface area contributed by atoms with Crippen LogP contribution in [0, 0.1) is 0 Å². The normalized spacial score (nSPS) is 11.6. The lowest BCUT2D eigenvalue weighted by molar-refractivity contribution is -0.123. The van der Waals surface area contributed by atoms with E-state index < -0.39 is 23.9 Å². The van der Waals surface area contributed by atoms with Crippen molar-refractivity contribution in [3.63, 3.8) is 0 Å². The van der Waals surface area contributed by atoms with Gasteiger partial charge < -0.3 is 15.8 Å². The number of esters is 1. The van der Waals surface area contributed by atoms with Crippen LogP contribution in [0.3, 0.4) is 0 Å². The van der Waals surface area contributed by atoms with Gasteiger partial charge in [0.2, 0.25) is 0 Å². The van der Waals surface area contributed by atoms with Crippen LogP contribution in [-0.4, -0.2) is 30.1 Å². The number of amides is 2. The van der Waals surface area contributed by atoms with Gasteiger partial charge in [0.15, 0.2) is 6.10 Å². The van der Waals surface area contributed by atoms with E-state index in [1.807, 2.05) is 6.26 Å². The van der Waals surface area contributed by atoms with Crippen molar-refractivity contribution in [2.45, 2.75) is 17.9 Å². The molecule has 0 radical (unpaired) electrons. The summed E-state index contributed by atoms with van der Waals surface area (Å²) >= 11 is 2.73. The highest BCUT2D eigenvalue weighted by atomic mass is 32.2. The van der Waals surface area contributed by atoms with E-state index in [0.717, 1.165) is 4.90 Å². The summed E-state index contributed by atoms with van der Waals surface area (Å²) < 4.78 is 5.15. The smallest absolute Gasteiger partial charge is 0.338 e. The Morgan fingerprint density at radius 2 is 1.88 bits per heavy atom. The van der Waals surface area contributed by atoms with Gasteiger partial charge in [-0.3, -0.25) is 9.59 Å². The third-order valence-corrected chi connectivity index (χ3v) is 4.72. The molecular weight excluding hydrogens is 348 g/mol. The summed E-state index contributed by atoms with van der Waals surface area (Å²) in [6.07, 6.45) is 0.922. The molecule has 2 aromatic rings. The number of rotatable bonds is 6. The number of thiophene rings is 1. The van der Waals surface area contributed by atoms with E-state index in [2.05, 4.69) is 5.32 Å². The molecule has 8 heteroatoms. The van der Waals surface area contributed by atoms with E-state index in [1.54, 1.807) is 41.4 Å². The van der Waals surface area contributed by atoms with Crippen LogP contribution in [0.4, 0.5) is 5.00 Å². The summed E-state index contributed by atoms with van der Waals surface area (Å²) in [4.78, 5) is 36.4. The highest BCUT2D eigenvalue weighted by Gasteiger charge is 2.21. The van der Waals surface area contributed by atoms with E-state index in [4.69, 9.17) is 10.5 Å². The lowest BCUT2D eigenvalue weighted by Crippen LogP contribution is -2.30. The van der Waals surface area contributed by atoms with Crippen molar-refractivity contribution in [2.24, 2.45) is 5.73 Å². The minimum Gasteiger partial charge on any atom is -0.449 e. The molecule has 0 saturated carbocycles. The summed E-state index contributed by atoms with van der Waals surface area (Å²) in [7, 11) is 0. The number of thioether (sulfide) groups is 1. The zero-order chi connectivity index (χ0) is 17.7. The maximum atomic E-state index is 12.1. The van der Waals surface area contributed by atoms with Crippen molar-refractivity contribution >= 4 is 45.9 Å². The minimum atomic E-state index is -1.01. The number of anilines is 1. The Morgan fingerprint density at radius 3 is 2.46 bits per heavy atom. The first kappa shape index (κ1) is 18.0. The second-order valence-corrected chi connectivity index (χ2v) is 6.59. The first-order valence-corrected chi connectivity index (χ1v) is 9.06. The zero-order valence-electron chi connectivity index (χ0n) is 13.1. The molecule has 1 heterocycles. The number of hydrogen-bond acceptors (Lipinski definition) is 6. The van der Waals surface area contributed by atoms with E-state index in [0.29, 0.717) is 10.6 Å². The fourth-order valence-corrected chi connectivity index (χ4v) is 3.03. The topological polar surface area (TPSA) is 98.5 Å². The molecule has 0 aliphatic carbocycles. The van der Waals surface area contributed by atoms with E-state index in [1.165, 1.54) is 24.3 Å². The molecule has 6 nitrogen and oxygen atoms in total. The third kappa shape index (κ3) is 4.36. The lowest BCUT2D eigenvalue weighted by Gasteiger charge is -2.13. The number of carbonyl (C=O) groups is 3. The number of nitrogens with one attached hydrogen (secondary N) is 1. The van der Waals surface area contributed by atoms with Crippen LogP contribution >= 0.6 is 23.1 Å². The summed E-state index contributed by atoms with van der Waals surface area (Å²) in [6, 6.07) is 8.41. The van der Waals surface area contributed by atoms with Crippen LogP contribution in [0.15, 0.2) is 40.6 Å². The van der Waals surface area contributed by atoms with E-state index in [9.17, 15) is 14.4 Å². The largest absolute Gasteiger partial charge is 0.449 e. The van der Waals surface area contributed by atoms with Gasteiger partial charge in [0.25, 0.3) is 11.8 Å². The van der Waals surface area contributed by atoms with Crippen molar-refractivity contribution in [3.05, 3.63) is 46.8 Å². The van der Waals surface area contributed by atoms with Crippen LogP contribution in [-0.2, 0) is 9.53 Å². The molecule has 0 aliphatic heterocycles. The Hall–Kier alpha value is -2.32. The number of primary amides is 1. The lowest BCUT2D eigenvalue weighted by atomic mass is 10.2. The SMILES string of the molecule is CSc1ccc(C(=O)O[C@@H](C)C(=O)Nc2sccc2C(N)=O)cc1. The molecule has 24 heavy (non-hydrogen) atoms. The standard InChI is InChI=1S/C16H16N2O4S2/c1-9(14(20)18-15-12(13(17)19)7-8-24-15)22-16(21)10-3-5-11(23-2)6-4-10/h3-9H,1-2H3,(H2,17,19)(H,18,20)/t9-/m0/s1. The van der Waals surface area contributed by atoms with Gasteiger partial charge in [-0.25, -0.2) is 4.79 Å². The van der Waals surface area contributed by atoms with Gasteiger partial charge in [-0.05, 0) is 48.9 Å². The first-order valence-electron chi connectivity index (χ1n) is 6.95. The van der Waals surface area contributed by atoms with Crippen LogP contribution in [0.5, 0.6) is 0 Å². The molecule has 0 fully saturated rings. The third-order valence-electron chi connectivity index (χ3n) is 3.15. The fraction of sp³-hybridized carbons (Fsp3) is 0.188. The molecule has 1 aromatic heterocycles. The second-order valence-electron chi connectivity index (χ2n) is 4.79. The molecule has 0 spiro atoms. The Balaban J connectivity index is 1.98. The molecule has 126 valence electrons. The van der Waals surface area contributed by atoms with Crippen molar-refractivity contribution in [1.82, 2.24) is 0 Å². The molecule has 0 aliphatic rings. The van der Waals surface area contributed by atoms with Gasteiger partial charge in [-0.15, -0.1) is 23.1 Å². The fourth-order valence-electron chi connectivity index (χ4n) is 1.82. The molecule has 3 N–H and O–H groups in total. The molecule has 2 amide bonds. The van der Waals surface area contributed by atoms with Gasteiger partial charge in [0.05, 0.1) is 11.1 Å². The van der Waals surface area contributed by atoms with Crippen LogP contribution < -0.4 is 11.1 Å². The van der Waals surface area contributed by atoms with Crippen LogP contribution in [0.25, 0.3) is 0 Å². The number of carbonyl (C=O) groups excluding carboxylic acids is 3. The number of nitrogens with two attached hydrogens (primary N) is 1. The van der Waals surface area contributed by atoms with Crippen molar-refractivity contribution in [1.29, 1.82) is 0 Å². The number of benzene rings is 1. The minimum absolute atomic E-state index is 0.222. The maximum absolute atomic E-state index is 12.1. The second kappa shape index (κ2) is 7.98. The zero-order valence-corrected chi connectivity index (χ0v) is 14.7. The first-order chi connectivity index (χ1) is 11.4. The Bertz CT molecular complexity index is 756. The predicted molar refractivity (Wildman–Crippen MR) is 94.6 cm³/mol. The molecule has 0 bridgehead atoms. The molecule has 0 saturated heterocycles. The molecule has 2 rings (SSSR count). The highest BCUT2D eigenvalue weighted by molar-refractivity contribution is 7.98. The van der Waals surface area contributed by atoms with Crippen LogP contribution in [0.2, 0.25) is 0 Å². The summed E-state index contributed by atoms with van der Waals surface area (Å²) in [5, 5.41) is 4.52. The monoisotopic (exact) mass is 364 g/mol. The van der Waals surface area contributed by atoms with Gasteiger partial charge in [0, 0.05) is 4.90 Å². The summed E-state index contributed by atoms with van der Waals surface area (Å²) in [5.74, 6) is -1.76. The molecular formula is C16H16N2O4S2. The van der Waals surface area contributed by atoms with Crippen molar-refractivity contribution in [3.8, 4) is 0 Å². The average Bonchev–Trinajstić information content (AvgIpc) is 3.03. The van der Waals surface area contributed by atoms with E-state index >= 15 is 0 Å². The number of ether oxygens (including phenoxy) is 1. The quantitative estimate of drug-likeness (QED) is 0.607. The molecule has 0 unspecified atom stereocenters. The Kier molecular flexibility index (Phi) is 5.99. The van der Waals surface area contributed by atoms with Gasteiger partial charge in [0.1, 0.15) is 5.00 Å². The van der Waals surface area contributed by atoms with Gasteiger partial charge in [-0.1, -0.05) is 0 Å². The van der Waals surface area contributed by atoms with E-state index in [-0.39, 0.29) is 5.56 Å². The summed E-state index contributed by atoms with van der Waals surface area (Å²) in [5.41, 5.74) is 5.80. The van der Waals surface area contributed by atoms with Crippen molar-refractivity contribution in [2.75, 3.05) is 11.6 Å². The Morgan fingerprint density at radius 1 is 1.21 bits per heavy atom.